The van der Waals surface area contributed by atoms with E-state index in [1.54, 1.807) is 28.4 Å². The number of hydrogen-bond donors (Lipinski definition) is 0. The molecular weight excluding hydrogens is 361 g/mol. The quantitative estimate of drug-likeness (QED) is 0.745. The van der Waals surface area contributed by atoms with Gasteiger partial charge < -0.3 is 4.90 Å². The minimum atomic E-state index is -4.32. The second kappa shape index (κ2) is 8.05. The van der Waals surface area contributed by atoms with E-state index in [2.05, 4.69) is 4.90 Å². The van der Waals surface area contributed by atoms with Crippen molar-refractivity contribution in [1.29, 1.82) is 0 Å². The Balaban J connectivity index is 1.52. The molecule has 0 radical (unpaired) electrons. The summed E-state index contributed by atoms with van der Waals surface area (Å²) in [6.45, 7) is 2.90. The first-order chi connectivity index (χ1) is 12.4. The van der Waals surface area contributed by atoms with Gasteiger partial charge in [-0.3, -0.25) is 9.69 Å². The molecule has 1 amide bonds. The Bertz CT molecular complexity index is 763. The normalized spacial score (nSPS) is 16.3. The van der Waals surface area contributed by atoms with Crippen molar-refractivity contribution in [3.05, 3.63) is 63.9 Å². The summed E-state index contributed by atoms with van der Waals surface area (Å²) in [5.74, 6) is -0.0304. The summed E-state index contributed by atoms with van der Waals surface area (Å²) < 4.78 is 38.4. The maximum Gasteiger partial charge on any atom is 0.416 e. The maximum absolute atomic E-state index is 12.8. The molecule has 0 N–H and O–H groups in total. The third-order valence-electron chi connectivity index (χ3n) is 4.28. The van der Waals surface area contributed by atoms with E-state index in [9.17, 15) is 18.0 Å². The summed E-state index contributed by atoms with van der Waals surface area (Å²) in [4.78, 5) is 17.1. The van der Waals surface area contributed by atoms with E-state index in [1.807, 2.05) is 23.6 Å². The highest BCUT2D eigenvalue weighted by molar-refractivity contribution is 7.10. The molecule has 1 fully saturated rings. The Morgan fingerprint density at radius 1 is 1.12 bits per heavy atom. The molecule has 1 saturated heterocycles. The van der Waals surface area contributed by atoms with Gasteiger partial charge in [-0.1, -0.05) is 24.3 Å². The summed E-state index contributed by atoms with van der Waals surface area (Å²) in [6, 6.07) is 9.30. The van der Waals surface area contributed by atoms with Gasteiger partial charge in [0.2, 0.25) is 5.91 Å². The molecule has 2 heterocycles. The number of alkyl halides is 3. The average Bonchev–Trinajstić information content (AvgIpc) is 3.13. The fourth-order valence-corrected chi connectivity index (χ4v) is 3.49. The van der Waals surface area contributed by atoms with Crippen molar-refractivity contribution in [3.63, 3.8) is 0 Å². The lowest BCUT2D eigenvalue weighted by Gasteiger charge is -2.34. The van der Waals surface area contributed by atoms with Gasteiger partial charge in [-0.15, -0.1) is 11.3 Å². The lowest BCUT2D eigenvalue weighted by Crippen LogP contribution is -2.47. The predicted molar refractivity (Wildman–Crippen MR) is 96.7 cm³/mol. The minimum Gasteiger partial charge on any atom is -0.337 e. The predicted octanol–water partition coefficient (Wildman–Crippen LogP) is 4.12. The average molecular weight is 380 g/mol. The molecule has 1 aliphatic rings. The molecule has 1 aromatic heterocycles. The Kier molecular flexibility index (Phi) is 5.78. The van der Waals surface area contributed by atoms with Crippen molar-refractivity contribution in [2.24, 2.45) is 0 Å². The molecule has 138 valence electrons. The summed E-state index contributed by atoms with van der Waals surface area (Å²) in [6.07, 6.45) is -0.938. The first-order valence-corrected chi connectivity index (χ1v) is 9.19. The molecule has 0 bridgehead atoms. The molecule has 26 heavy (non-hydrogen) atoms. The van der Waals surface area contributed by atoms with Crippen molar-refractivity contribution in [2.75, 3.05) is 26.2 Å². The van der Waals surface area contributed by atoms with Gasteiger partial charge in [0.05, 0.1) is 5.56 Å². The maximum atomic E-state index is 12.8. The van der Waals surface area contributed by atoms with Gasteiger partial charge in [-0.25, -0.2) is 0 Å². The zero-order valence-corrected chi connectivity index (χ0v) is 14.9. The van der Waals surface area contributed by atoms with Crippen LogP contribution in [-0.2, 0) is 17.5 Å². The zero-order valence-electron chi connectivity index (χ0n) is 14.1. The molecule has 2 aromatic rings. The Labute approximate surface area is 154 Å². The Hall–Kier alpha value is -2.12. The summed E-state index contributed by atoms with van der Waals surface area (Å²) in [5, 5.41) is 1.96. The number of carbonyl (C=O) groups is 1. The molecule has 0 spiro atoms. The number of thiophene rings is 1. The lowest BCUT2D eigenvalue weighted by atomic mass is 10.1. The van der Waals surface area contributed by atoms with Crippen LogP contribution in [0.1, 0.15) is 16.0 Å². The van der Waals surface area contributed by atoms with Gasteiger partial charge in [-0.2, -0.15) is 13.2 Å². The van der Waals surface area contributed by atoms with E-state index in [0.717, 1.165) is 10.9 Å². The number of piperazine rings is 1. The van der Waals surface area contributed by atoms with E-state index in [-0.39, 0.29) is 5.91 Å². The Morgan fingerprint density at radius 3 is 2.54 bits per heavy atom. The van der Waals surface area contributed by atoms with E-state index >= 15 is 0 Å². The molecule has 1 aromatic carbocycles. The topological polar surface area (TPSA) is 23.6 Å². The fourth-order valence-electron chi connectivity index (χ4n) is 2.88. The van der Waals surface area contributed by atoms with Crippen LogP contribution in [0.2, 0.25) is 0 Å². The Morgan fingerprint density at radius 2 is 1.88 bits per heavy atom. The minimum absolute atomic E-state index is 0.0304. The molecule has 0 atom stereocenters. The van der Waals surface area contributed by atoms with Crippen LogP contribution >= 0.6 is 11.3 Å². The molecule has 7 heteroatoms. The first-order valence-electron chi connectivity index (χ1n) is 8.31. The van der Waals surface area contributed by atoms with Crippen LogP contribution < -0.4 is 0 Å². The third-order valence-corrected chi connectivity index (χ3v) is 5.12. The van der Waals surface area contributed by atoms with Crippen molar-refractivity contribution < 1.29 is 18.0 Å². The van der Waals surface area contributed by atoms with Crippen LogP contribution in [0.4, 0.5) is 13.2 Å². The summed E-state index contributed by atoms with van der Waals surface area (Å²) in [5.41, 5.74) is 0.0136. The number of benzene rings is 1. The van der Waals surface area contributed by atoms with E-state index < -0.39 is 11.7 Å². The monoisotopic (exact) mass is 380 g/mol. The highest BCUT2D eigenvalue weighted by atomic mass is 32.1. The second-order valence-corrected chi connectivity index (χ2v) is 7.13. The molecule has 0 saturated carbocycles. The van der Waals surface area contributed by atoms with Crippen LogP contribution in [0, 0.1) is 0 Å². The van der Waals surface area contributed by atoms with E-state index in [1.165, 1.54) is 12.1 Å². The van der Waals surface area contributed by atoms with Crippen molar-refractivity contribution in [2.45, 2.75) is 12.7 Å². The number of carbonyl (C=O) groups excluding carboxylic acids is 1. The number of nitrogens with zero attached hydrogens (tertiary/aromatic N) is 2. The van der Waals surface area contributed by atoms with Gasteiger partial charge in [-0.05, 0) is 29.2 Å². The SMILES string of the molecule is O=C(C=Cc1cccs1)N1CCN(Cc2cccc(C(F)(F)F)c2)CC1. The molecule has 1 aliphatic heterocycles. The standard InChI is InChI=1S/C19H19F3N2OS/c20-19(21,22)16-4-1-3-15(13-16)14-23-8-10-24(11-9-23)18(25)7-6-17-5-2-12-26-17/h1-7,12-13H,8-11,14H2. The van der Waals surface area contributed by atoms with Crippen LogP contribution in [0.3, 0.4) is 0 Å². The zero-order chi connectivity index (χ0) is 18.6. The molecular formula is C19H19F3N2OS. The third kappa shape index (κ3) is 4.95. The summed E-state index contributed by atoms with van der Waals surface area (Å²) in [7, 11) is 0. The largest absolute Gasteiger partial charge is 0.416 e. The van der Waals surface area contributed by atoms with Crippen molar-refractivity contribution >= 4 is 23.3 Å². The van der Waals surface area contributed by atoms with Gasteiger partial charge >= 0.3 is 6.18 Å². The lowest BCUT2D eigenvalue weighted by molar-refractivity contribution is -0.137. The first kappa shape index (κ1) is 18.7. The van der Waals surface area contributed by atoms with Crippen LogP contribution in [0.15, 0.2) is 47.9 Å². The van der Waals surface area contributed by atoms with Gasteiger partial charge in [0.15, 0.2) is 0 Å². The molecule has 0 aliphatic carbocycles. The number of rotatable bonds is 4. The van der Waals surface area contributed by atoms with E-state index in [4.69, 9.17) is 0 Å². The number of hydrogen-bond acceptors (Lipinski definition) is 3. The van der Waals surface area contributed by atoms with Gasteiger partial charge in [0.1, 0.15) is 0 Å². The molecule has 3 nitrogen and oxygen atoms in total. The van der Waals surface area contributed by atoms with Crippen LogP contribution in [0.5, 0.6) is 0 Å². The number of halogens is 3. The van der Waals surface area contributed by atoms with Gasteiger partial charge in [0, 0.05) is 43.7 Å². The highest BCUT2D eigenvalue weighted by Crippen LogP contribution is 2.29. The van der Waals surface area contributed by atoms with Gasteiger partial charge in [0.25, 0.3) is 0 Å². The van der Waals surface area contributed by atoms with Crippen molar-refractivity contribution in [1.82, 2.24) is 9.80 Å². The van der Waals surface area contributed by atoms with Crippen LogP contribution in [0.25, 0.3) is 6.08 Å². The highest BCUT2D eigenvalue weighted by Gasteiger charge is 2.30. The van der Waals surface area contributed by atoms with Crippen molar-refractivity contribution in [3.8, 4) is 0 Å². The van der Waals surface area contributed by atoms with Crippen LogP contribution in [-0.4, -0.2) is 41.9 Å². The molecule has 0 unspecified atom stereocenters. The molecule has 3 rings (SSSR count). The smallest absolute Gasteiger partial charge is 0.337 e. The summed E-state index contributed by atoms with van der Waals surface area (Å²) >= 11 is 1.57. The second-order valence-electron chi connectivity index (χ2n) is 6.15. The number of amides is 1. The van der Waals surface area contributed by atoms with E-state index in [0.29, 0.717) is 38.3 Å². The fraction of sp³-hybridized carbons (Fsp3) is 0.316.